The van der Waals surface area contributed by atoms with Crippen LogP contribution in [-0.2, 0) is 0 Å². The van der Waals surface area contributed by atoms with Crippen LogP contribution in [0.25, 0.3) is 22.6 Å². The number of nitrogens with zero attached hydrogens (tertiary/aromatic N) is 3. The number of benzene rings is 1. The van der Waals surface area contributed by atoms with E-state index in [1.54, 1.807) is 18.6 Å². The smallest absolute Gasteiger partial charge is 0.174 e. The van der Waals surface area contributed by atoms with Crippen LogP contribution in [0.4, 0.5) is 0 Å². The maximum absolute atomic E-state index is 4.52. The normalized spacial score (nSPS) is 10.4. The van der Waals surface area contributed by atoms with Crippen molar-refractivity contribution in [3.8, 4) is 22.6 Å². The van der Waals surface area contributed by atoms with Gasteiger partial charge in [0.1, 0.15) is 11.4 Å². The highest BCUT2D eigenvalue weighted by Crippen LogP contribution is 2.19. The molecule has 4 nitrogen and oxygen atoms in total. The second kappa shape index (κ2) is 4.17. The fraction of sp³-hybridized carbons (Fsp3) is 0. The molecule has 81 valence electrons. The first kappa shape index (κ1) is 9.72. The lowest BCUT2D eigenvalue weighted by Crippen LogP contribution is -1.89. The van der Waals surface area contributed by atoms with Crippen molar-refractivity contribution in [3.05, 3.63) is 55.2 Å². The molecule has 3 aromatic rings. The molecule has 0 unspecified atom stereocenters. The van der Waals surface area contributed by atoms with E-state index in [-0.39, 0.29) is 0 Å². The summed E-state index contributed by atoms with van der Waals surface area (Å²) >= 11 is 0. The Morgan fingerprint density at radius 3 is 2.53 bits per heavy atom. The summed E-state index contributed by atoms with van der Waals surface area (Å²) < 4.78 is 0. The summed E-state index contributed by atoms with van der Waals surface area (Å²) in [6.07, 6.45) is 7.83. The summed E-state index contributed by atoms with van der Waals surface area (Å²) in [5, 5.41) is 0. The van der Waals surface area contributed by atoms with E-state index in [0.717, 1.165) is 22.6 Å². The van der Waals surface area contributed by atoms with Crippen molar-refractivity contribution in [2.24, 2.45) is 0 Å². The van der Waals surface area contributed by atoms with Gasteiger partial charge < -0.3 is 4.98 Å². The maximum atomic E-state index is 4.52. The zero-order valence-corrected chi connectivity index (χ0v) is 8.96. The molecule has 1 N–H and O–H groups in total. The van der Waals surface area contributed by atoms with Gasteiger partial charge in [-0.1, -0.05) is 30.3 Å². The summed E-state index contributed by atoms with van der Waals surface area (Å²) in [5.41, 5.74) is 3.37. The molecule has 0 saturated carbocycles. The Morgan fingerprint density at radius 1 is 0.941 bits per heavy atom. The van der Waals surface area contributed by atoms with Crippen LogP contribution < -0.4 is 0 Å². The van der Waals surface area contributed by atoms with E-state index >= 15 is 0 Å². The number of hydrogen-bond donors (Lipinski definition) is 1. The number of imidazole rings is 1. The van der Waals surface area contributed by atoms with E-state index in [1.165, 1.54) is 0 Å². The van der Waals surface area contributed by atoms with E-state index in [1.807, 2.05) is 30.3 Å². The molecule has 2 aromatic heterocycles. The number of H-pyrrole nitrogens is 1. The molecule has 0 amide bonds. The Balaban J connectivity index is 2.06. The highest BCUT2D eigenvalue weighted by Gasteiger charge is 2.04. The quantitative estimate of drug-likeness (QED) is 0.722. The average Bonchev–Trinajstić information content (AvgIpc) is 2.94. The molecule has 0 aliphatic heterocycles. The molecular formula is C13H9N4. The van der Waals surface area contributed by atoms with Crippen molar-refractivity contribution in [2.75, 3.05) is 0 Å². The van der Waals surface area contributed by atoms with Gasteiger partial charge in [0.15, 0.2) is 6.33 Å². The summed E-state index contributed by atoms with van der Waals surface area (Å²) in [7, 11) is 0. The predicted octanol–water partition coefficient (Wildman–Crippen LogP) is 2.33. The lowest BCUT2D eigenvalue weighted by Gasteiger charge is -2.01. The van der Waals surface area contributed by atoms with Crippen LogP contribution in [0.5, 0.6) is 0 Å². The molecule has 1 aromatic carbocycles. The average molecular weight is 221 g/mol. The minimum Gasteiger partial charge on any atom is -0.341 e. The van der Waals surface area contributed by atoms with E-state index < -0.39 is 0 Å². The fourth-order valence-electron chi connectivity index (χ4n) is 1.59. The summed E-state index contributed by atoms with van der Waals surface area (Å²) in [6, 6.07) is 9.94. The Labute approximate surface area is 98.4 Å². The van der Waals surface area contributed by atoms with Gasteiger partial charge in [0.2, 0.25) is 0 Å². The van der Waals surface area contributed by atoms with Crippen LogP contribution in [0.15, 0.2) is 48.9 Å². The summed E-state index contributed by atoms with van der Waals surface area (Å²) in [6.45, 7) is 0. The van der Waals surface area contributed by atoms with Gasteiger partial charge >= 0.3 is 0 Å². The number of nitrogens with one attached hydrogen (secondary N) is 1. The topological polar surface area (TPSA) is 54.5 Å². The Bertz CT molecular complexity index is 602. The van der Waals surface area contributed by atoms with Gasteiger partial charge in [0, 0.05) is 11.8 Å². The monoisotopic (exact) mass is 221 g/mol. The third-order valence-electron chi connectivity index (χ3n) is 2.42. The van der Waals surface area contributed by atoms with E-state index in [9.17, 15) is 0 Å². The fourth-order valence-corrected chi connectivity index (χ4v) is 1.59. The standard InChI is InChI=1S/C13H9N4/c1-2-4-10(5-3-1)11-6-14-8-13(17-11)12-7-15-9-16-12/h1-8H,(H,15,16). The van der Waals surface area contributed by atoms with E-state index in [4.69, 9.17) is 0 Å². The zero-order valence-electron chi connectivity index (χ0n) is 8.96. The first-order valence-corrected chi connectivity index (χ1v) is 5.23. The lowest BCUT2D eigenvalue weighted by molar-refractivity contribution is 1.19. The van der Waals surface area contributed by atoms with Crippen molar-refractivity contribution >= 4 is 0 Å². The molecule has 0 atom stereocenters. The molecule has 0 spiro atoms. The van der Waals surface area contributed by atoms with Gasteiger partial charge in [0.25, 0.3) is 0 Å². The van der Waals surface area contributed by atoms with Crippen molar-refractivity contribution < 1.29 is 0 Å². The third-order valence-corrected chi connectivity index (χ3v) is 2.42. The van der Waals surface area contributed by atoms with Gasteiger partial charge in [-0.25, -0.2) is 9.97 Å². The third kappa shape index (κ3) is 1.92. The minimum absolute atomic E-state index is 0.740. The van der Waals surface area contributed by atoms with Crippen LogP contribution >= 0.6 is 0 Å². The largest absolute Gasteiger partial charge is 0.341 e. The second-order valence-electron chi connectivity index (χ2n) is 3.55. The van der Waals surface area contributed by atoms with Gasteiger partial charge in [-0.3, -0.25) is 4.98 Å². The van der Waals surface area contributed by atoms with E-state index in [2.05, 4.69) is 26.3 Å². The first-order chi connectivity index (χ1) is 8.43. The Hall–Kier alpha value is -2.49. The molecule has 0 aliphatic carbocycles. The molecule has 1 radical (unpaired) electrons. The molecule has 0 aliphatic rings. The molecule has 0 bridgehead atoms. The van der Waals surface area contributed by atoms with Gasteiger partial charge in [-0.15, -0.1) is 0 Å². The summed E-state index contributed by atoms with van der Waals surface area (Å²) in [5.74, 6) is 0. The van der Waals surface area contributed by atoms with E-state index in [0.29, 0.717) is 0 Å². The van der Waals surface area contributed by atoms with Gasteiger partial charge in [-0.2, -0.15) is 0 Å². The van der Waals surface area contributed by atoms with Crippen molar-refractivity contribution in [1.82, 2.24) is 19.9 Å². The maximum Gasteiger partial charge on any atom is 0.174 e. The number of hydrogen-bond acceptors (Lipinski definition) is 3. The van der Waals surface area contributed by atoms with Crippen molar-refractivity contribution in [3.63, 3.8) is 0 Å². The van der Waals surface area contributed by atoms with Gasteiger partial charge in [0.05, 0.1) is 18.1 Å². The second-order valence-corrected chi connectivity index (χ2v) is 3.55. The highest BCUT2D eigenvalue weighted by molar-refractivity contribution is 5.62. The lowest BCUT2D eigenvalue weighted by atomic mass is 10.1. The van der Waals surface area contributed by atoms with Crippen LogP contribution in [0.1, 0.15) is 0 Å². The van der Waals surface area contributed by atoms with Crippen molar-refractivity contribution in [1.29, 1.82) is 0 Å². The molecule has 3 rings (SSSR count). The molecule has 17 heavy (non-hydrogen) atoms. The predicted molar refractivity (Wildman–Crippen MR) is 63.9 cm³/mol. The first-order valence-electron chi connectivity index (χ1n) is 5.23. The molecular weight excluding hydrogens is 212 g/mol. The molecule has 2 heterocycles. The molecule has 0 saturated heterocycles. The molecule has 4 heteroatoms. The van der Waals surface area contributed by atoms with Crippen LogP contribution in [0.2, 0.25) is 0 Å². The number of aromatic amines is 1. The van der Waals surface area contributed by atoms with Crippen molar-refractivity contribution in [2.45, 2.75) is 0 Å². The SMILES string of the molecule is [c]1nc(-c2cncc(-c3ccccc3)n2)c[nH]1. The number of aromatic nitrogens is 4. The van der Waals surface area contributed by atoms with Gasteiger partial charge in [-0.05, 0) is 0 Å². The number of rotatable bonds is 2. The van der Waals surface area contributed by atoms with Crippen LogP contribution in [-0.4, -0.2) is 19.9 Å². The zero-order chi connectivity index (χ0) is 11.5. The Kier molecular flexibility index (Phi) is 2.38. The Morgan fingerprint density at radius 2 is 1.76 bits per heavy atom. The highest BCUT2D eigenvalue weighted by atomic mass is 14.9. The molecule has 0 fully saturated rings. The van der Waals surface area contributed by atoms with Crippen LogP contribution in [0, 0.1) is 6.33 Å². The van der Waals surface area contributed by atoms with Crippen LogP contribution in [0.3, 0.4) is 0 Å². The minimum atomic E-state index is 0.740. The summed E-state index contributed by atoms with van der Waals surface area (Å²) in [4.78, 5) is 15.5.